The lowest BCUT2D eigenvalue weighted by molar-refractivity contribution is -0.124. The van der Waals surface area contributed by atoms with Crippen LogP contribution in [-0.2, 0) is 11.2 Å². The Morgan fingerprint density at radius 3 is 3.12 bits per heavy atom. The highest BCUT2D eigenvalue weighted by Gasteiger charge is 2.35. The number of H-pyrrole nitrogens is 1. The smallest absolute Gasteiger partial charge is 0.228 e. The Bertz CT molecular complexity index is 804. The molecule has 0 saturated carbocycles. The topological polar surface area (TPSA) is 48.1 Å². The molecular formula is C20H25N3O. The maximum atomic E-state index is 12.5. The van der Waals surface area contributed by atoms with Crippen molar-refractivity contribution in [3.8, 4) is 0 Å². The molecule has 0 unspecified atom stereocenters. The lowest BCUT2D eigenvalue weighted by Gasteiger charge is -2.39. The standard InChI is InChI=1S/C20H25N3O/c1-3-4-8-21-20(24)14-9-16-15-6-5-7-17-19(15)13(11-22-17)10-18(16)23(2)12-14/h5-7,9,11,14,18,22H,3-4,8,10,12H2,1-2H3,(H,21,24)/t14-,18+/m0/s1. The van der Waals surface area contributed by atoms with Gasteiger partial charge >= 0.3 is 0 Å². The molecule has 2 atom stereocenters. The Morgan fingerprint density at radius 2 is 2.29 bits per heavy atom. The second-order valence-corrected chi connectivity index (χ2v) is 7.07. The molecule has 4 rings (SSSR count). The summed E-state index contributed by atoms with van der Waals surface area (Å²) < 4.78 is 0. The predicted octanol–water partition coefficient (Wildman–Crippen LogP) is 2.95. The summed E-state index contributed by atoms with van der Waals surface area (Å²) in [6, 6.07) is 6.80. The van der Waals surface area contributed by atoms with Gasteiger partial charge in [-0.3, -0.25) is 9.69 Å². The van der Waals surface area contributed by atoms with Gasteiger partial charge in [-0.2, -0.15) is 0 Å². The van der Waals surface area contributed by atoms with Crippen LogP contribution in [0.1, 0.15) is 30.9 Å². The molecule has 1 aromatic heterocycles. The van der Waals surface area contributed by atoms with Crippen molar-refractivity contribution >= 4 is 22.4 Å². The van der Waals surface area contributed by atoms with Crippen molar-refractivity contribution in [2.75, 3.05) is 20.1 Å². The number of nitrogens with one attached hydrogen (secondary N) is 2. The van der Waals surface area contributed by atoms with E-state index in [-0.39, 0.29) is 11.8 Å². The molecule has 4 heteroatoms. The molecule has 4 nitrogen and oxygen atoms in total. The monoisotopic (exact) mass is 323 g/mol. The fourth-order valence-electron chi connectivity index (χ4n) is 4.13. The lowest BCUT2D eigenvalue weighted by Crippen LogP contribution is -2.46. The number of carbonyl (C=O) groups excluding carboxylic acids is 1. The Morgan fingerprint density at radius 1 is 1.42 bits per heavy atom. The molecule has 1 aromatic carbocycles. The van der Waals surface area contributed by atoms with E-state index in [0.29, 0.717) is 6.04 Å². The Kier molecular flexibility index (Phi) is 3.93. The highest BCUT2D eigenvalue weighted by Crippen LogP contribution is 2.40. The van der Waals surface area contributed by atoms with E-state index in [1.807, 2.05) is 0 Å². The normalized spacial score (nSPS) is 23.0. The summed E-state index contributed by atoms with van der Waals surface area (Å²) in [7, 11) is 2.14. The summed E-state index contributed by atoms with van der Waals surface area (Å²) in [5.41, 5.74) is 5.19. The third kappa shape index (κ3) is 2.46. The van der Waals surface area contributed by atoms with Gasteiger partial charge in [0.15, 0.2) is 0 Å². The summed E-state index contributed by atoms with van der Waals surface area (Å²) in [4.78, 5) is 18.3. The maximum Gasteiger partial charge on any atom is 0.228 e. The van der Waals surface area contributed by atoms with E-state index >= 15 is 0 Å². The molecule has 126 valence electrons. The van der Waals surface area contributed by atoms with Crippen LogP contribution in [0.25, 0.3) is 16.5 Å². The number of aromatic nitrogens is 1. The number of nitrogens with zero attached hydrogens (tertiary/aromatic N) is 1. The minimum Gasteiger partial charge on any atom is -0.361 e. The SMILES string of the molecule is CCCCNC(=O)[C@H]1C=C2c3cccc4[nH]cc(c34)C[C@H]2N(C)C1. The number of unbranched alkanes of at least 4 members (excludes halogenated alkanes) is 1. The molecule has 2 aromatic rings. The van der Waals surface area contributed by atoms with Crippen molar-refractivity contribution in [2.45, 2.75) is 32.2 Å². The van der Waals surface area contributed by atoms with E-state index in [1.54, 1.807) is 0 Å². The van der Waals surface area contributed by atoms with Crippen molar-refractivity contribution in [1.29, 1.82) is 0 Å². The van der Waals surface area contributed by atoms with E-state index in [4.69, 9.17) is 0 Å². The van der Waals surface area contributed by atoms with Gasteiger partial charge in [-0.15, -0.1) is 0 Å². The molecule has 0 saturated heterocycles. The van der Waals surface area contributed by atoms with E-state index in [2.05, 4.69) is 59.6 Å². The van der Waals surface area contributed by atoms with Crippen molar-refractivity contribution in [3.63, 3.8) is 0 Å². The van der Waals surface area contributed by atoms with Gasteiger partial charge in [0.1, 0.15) is 0 Å². The van der Waals surface area contributed by atoms with Gasteiger partial charge < -0.3 is 10.3 Å². The van der Waals surface area contributed by atoms with Gasteiger partial charge in [0.25, 0.3) is 0 Å². The Hall–Kier alpha value is -2.07. The first-order valence-corrected chi connectivity index (χ1v) is 8.98. The molecule has 0 fully saturated rings. The van der Waals surface area contributed by atoms with Crippen LogP contribution in [0.15, 0.2) is 30.5 Å². The average molecular weight is 323 g/mol. The van der Waals surface area contributed by atoms with Gasteiger partial charge in [-0.05, 0) is 42.7 Å². The van der Waals surface area contributed by atoms with Crippen molar-refractivity contribution < 1.29 is 4.79 Å². The maximum absolute atomic E-state index is 12.5. The molecule has 0 bridgehead atoms. The van der Waals surface area contributed by atoms with Crippen molar-refractivity contribution in [2.24, 2.45) is 5.92 Å². The first-order valence-electron chi connectivity index (χ1n) is 8.98. The zero-order chi connectivity index (χ0) is 16.7. The van der Waals surface area contributed by atoms with Crippen LogP contribution in [0, 0.1) is 5.92 Å². The zero-order valence-corrected chi connectivity index (χ0v) is 14.4. The second-order valence-electron chi connectivity index (χ2n) is 7.07. The number of fused-ring (bicyclic) bond motifs is 2. The van der Waals surface area contributed by atoms with Crippen LogP contribution in [0.2, 0.25) is 0 Å². The highest BCUT2D eigenvalue weighted by molar-refractivity contribution is 5.99. The minimum atomic E-state index is -0.0612. The average Bonchev–Trinajstić information content (AvgIpc) is 3.00. The summed E-state index contributed by atoms with van der Waals surface area (Å²) in [6.07, 6.45) is 7.52. The Balaban J connectivity index is 1.69. The quantitative estimate of drug-likeness (QED) is 0.850. The first kappa shape index (κ1) is 15.5. The van der Waals surface area contributed by atoms with Gasteiger partial charge in [0.2, 0.25) is 5.91 Å². The minimum absolute atomic E-state index is 0.0612. The van der Waals surface area contributed by atoms with Crippen molar-refractivity contribution in [1.82, 2.24) is 15.2 Å². The molecular weight excluding hydrogens is 298 g/mol. The predicted molar refractivity (Wildman–Crippen MR) is 97.8 cm³/mol. The molecule has 0 spiro atoms. The van der Waals surface area contributed by atoms with Gasteiger partial charge in [-0.25, -0.2) is 0 Å². The number of hydrogen-bond donors (Lipinski definition) is 2. The number of likely N-dealkylation sites (N-methyl/N-ethyl adjacent to an activating group) is 1. The molecule has 24 heavy (non-hydrogen) atoms. The number of carbonyl (C=O) groups is 1. The molecule has 0 radical (unpaired) electrons. The van der Waals surface area contributed by atoms with Crippen LogP contribution < -0.4 is 5.32 Å². The Labute approximate surface area is 142 Å². The number of amides is 1. The zero-order valence-electron chi connectivity index (χ0n) is 14.4. The number of rotatable bonds is 4. The first-order chi connectivity index (χ1) is 11.7. The van der Waals surface area contributed by atoms with E-state index < -0.39 is 0 Å². The van der Waals surface area contributed by atoms with Crippen LogP contribution in [0.3, 0.4) is 0 Å². The number of benzene rings is 1. The molecule has 2 aliphatic rings. The summed E-state index contributed by atoms with van der Waals surface area (Å²) in [5, 5.41) is 4.43. The molecule has 1 amide bonds. The third-order valence-corrected chi connectivity index (χ3v) is 5.43. The lowest BCUT2D eigenvalue weighted by atomic mass is 9.80. The van der Waals surface area contributed by atoms with Crippen LogP contribution in [0.5, 0.6) is 0 Å². The molecule has 2 N–H and O–H groups in total. The fourth-order valence-corrected chi connectivity index (χ4v) is 4.13. The second kappa shape index (κ2) is 6.10. The van der Waals surface area contributed by atoms with Crippen LogP contribution >= 0.6 is 0 Å². The third-order valence-electron chi connectivity index (χ3n) is 5.43. The molecule has 1 aliphatic heterocycles. The molecule has 2 heterocycles. The summed E-state index contributed by atoms with van der Waals surface area (Å²) in [5.74, 6) is 0.0992. The summed E-state index contributed by atoms with van der Waals surface area (Å²) in [6.45, 7) is 3.71. The van der Waals surface area contributed by atoms with Crippen LogP contribution in [-0.4, -0.2) is 42.0 Å². The van der Waals surface area contributed by atoms with Crippen molar-refractivity contribution in [3.05, 3.63) is 41.6 Å². The summed E-state index contributed by atoms with van der Waals surface area (Å²) >= 11 is 0. The van der Waals surface area contributed by atoms with Gasteiger partial charge in [0.05, 0.1) is 5.92 Å². The van der Waals surface area contributed by atoms with Gasteiger partial charge in [-0.1, -0.05) is 31.6 Å². The van der Waals surface area contributed by atoms with E-state index in [1.165, 1.54) is 27.6 Å². The van der Waals surface area contributed by atoms with E-state index in [9.17, 15) is 4.79 Å². The number of aromatic amines is 1. The largest absolute Gasteiger partial charge is 0.361 e. The number of hydrogen-bond acceptors (Lipinski definition) is 2. The molecule has 1 aliphatic carbocycles. The highest BCUT2D eigenvalue weighted by atomic mass is 16.1. The van der Waals surface area contributed by atoms with E-state index in [0.717, 1.165) is 32.4 Å². The van der Waals surface area contributed by atoms with Crippen LogP contribution in [0.4, 0.5) is 0 Å². The fraction of sp³-hybridized carbons (Fsp3) is 0.450. The van der Waals surface area contributed by atoms with Gasteiger partial charge in [0, 0.05) is 36.2 Å².